The molecule has 4 aromatic carbocycles. The molecule has 0 atom stereocenters. The van der Waals surface area contributed by atoms with Crippen LogP contribution in [0.3, 0.4) is 0 Å². The van der Waals surface area contributed by atoms with E-state index in [2.05, 4.69) is 10.3 Å². The third-order valence-corrected chi connectivity index (χ3v) is 5.74. The molecule has 0 unspecified atom stereocenters. The van der Waals surface area contributed by atoms with Crippen LogP contribution in [0.15, 0.2) is 97.2 Å². The van der Waals surface area contributed by atoms with E-state index in [1.807, 2.05) is 66.7 Å². The molecule has 35 heavy (non-hydrogen) atoms. The fraction of sp³-hybridized carbons (Fsp3) is 0.0690. The quantitative estimate of drug-likeness (QED) is 0.331. The molecular formula is C29H23N3O3. The number of phenolic OH excluding ortho intramolecular Hbond substituents is 1. The largest absolute Gasteiger partial charge is 0.508 e. The Hall–Kier alpha value is -4.71. The van der Waals surface area contributed by atoms with E-state index in [1.165, 1.54) is 0 Å². The summed E-state index contributed by atoms with van der Waals surface area (Å²) in [4.78, 5) is 22.3. The molecule has 1 heterocycles. The summed E-state index contributed by atoms with van der Waals surface area (Å²) in [5, 5.41) is 14.9. The molecule has 0 radical (unpaired) electrons. The van der Waals surface area contributed by atoms with Crippen molar-refractivity contribution in [3.8, 4) is 34.0 Å². The highest BCUT2D eigenvalue weighted by Crippen LogP contribution is 2.29. The number of carbonyl (C=O) groups excluding carboxylic acids is 1. The van der Waals surface area contributed by atoms with Crippen molar-refractivity contribution in [1.29, 1.82) is 0 Å². The maximum absolute atomic E-state index is 12.9. The van der Waals surface area contributed by atoms with E-state index >= 15 is 0 Å². The molecule has 0 spiro atoms. The molecule has 0 saturated heterocycles. The van der Waals surface area contributed by atoms with Crippen molar-refractivity contribution in [2.75, 3.05) is 12.4 Å². The Kier molecular flexibility index (Phi) is 6.09. The number of fused-ring (bicyclic) bond motifs is 1. The second-order valence-corrected chi connectivity index (χ2v) is 8.13. The van der Waals surface area contributed by atoms with Crippen LogP contribution in [0.25, 0.3) is 33.3 Å². The van der Waals surface area contributed by atoms with E-state index in [0.29, 0.717) is 17.2 Å². The molecule has 0 fully saturated rings. The van der Waals surface area contributed by atoms with E-state index in [0.717, 1.165) is 33.2 Å². The third-order valence-electron chi connectivity index (χ3n) is 5.74. The average molecular weight is 462 g/mol. The Bertz CT molecular complexity index is 1500. The van der Waals surface area contributed by atoms with Crippen LogP contribution in [-0.2, 0) is 11.2 Å². The number of amides is 1. The van der Waals surface area contributed by atoms with Crippen molar-refractivity contribution in [1.82, 2.24) is 9.97 Å². The lowest BCUT2D eigenvalue weighted by Crippen LogP contribution is -2.16. The number of nitrogens with zero attached hydrogens (tertiary/aromatic N) is 2. The topological polar surface area (TPSA) is 84.3 Å². The molecule has 6 nitrogen and oxygen atoms in total. The first kappa shape index (κ1) is 22.1. The number of aromatic nitrogens is 2. The molecule has 0 aliphatic heterocycles. The Labute approximate surface area is 202 Å². The van der Waals surface area contributed by atoms with Gasteiger partial charge in [-0.15, -0.1) is 0 Å². The molecule has 6 heteroatoms. The molecule has 1 amide bonds. The summed E-state index contributed by atoms with van der Waals surface area (Å²) in [6.07, 6.45) is 1.85. The minimum absolute atomic E-state index is 0.148. The number of hydrogen-bond donors (Lipinski definition) is 2. The lowest BCUT2D eigenvalue weighted by molar-refractivity contribution is -0.115. The first-order valence-corrected chi connectivity index (χ1v) is 11.2. The van der Waals surface area contributed by atoms with Crippen molar-refractivity contribution in [2.24, 2.45) is 0 Å². The van der Waals surface area contributed by atoms with E-state index in [4.69, 9.17) is 9.72 Å². The Morgan fingerprint density at radius 3 is 2.34 bits per heavy atom. The zero-order valence-corrected chi connectivity index (χ0v) is 19.1. The van der Waals surface area contributed by atoms with E-state index < -0.39 is 0 Å². The SMILES string of the molecule is COc1ccc(-c2cnc(NC(=O)Cc3ccc4ccccc4c3)c(-c3ccc(O)cc3)n2)cc1. The fourth-order valence-corrected chi connectivity index (χ4v) is 3.91. The van der Waals surface area contributed by atoms with Gasteiger partial charge in [0.05, 0.1) is 25.4 Å². The van der Waals surface area contributed by atoms with Crippen LogP contribution in [0.4, 0.5) is 5.82 Å². The van der Waals surface area contributed by atoms with Gasteiger partial charge in [-0.3, -0.25) is 4.79 Å². The molecule has 2 N–H and O–H groups in total. The lowest BCUT2D eigenvalue weighted by Gasteiger charge is -2.12. The lowest BCUT2D eigenvalue weighted by atomic mass is 10.0. The summed E-state index contributed by atoms with van der Waals surface area (Å²) in [6, 6.07) is 28.2. The monoisotopic (exact) mass is 461 g/mol. The number of nitrogens with one attached hydrogen (secondary N) is 1. The molecule has 0 bridgehead atoms. The molecule has 0 aliphatic carbocycles. The van der Waals surface area contributed by atoms with Gasteiger partial charge in [-0.25, -0.2) is 9.97 Å². The summed E-state index contributed by atoms with van der Waals surface area (Å²) >= 11 is 0. The Morgan fingerprint density at radius 1 is 0.886 bits per heavy atom. The normalized spacial score (nSPS) is 10.8. The highest BCUT2D eigenvalue weighted by Gasteiger charge is 2.15. The summed E-state index contributed by atoms with van der Waals surface area (Å²) in [7, 11) is 1.62. The standard InChI is InChI=1S/C29H23N3O3/c1-35-25-14-10-21(11-15-25)26-18-30-29(28(31-26)22-8-12-24(33)13-9-22)32-27(34)17-19-6-7-20-4-2-3-5-23(20)16-19/h2-16,18,33H,17H2,1H3,(H,30,32,34). The highest BCUT2D eigenvalue weighted by atomic mass is 16.5. The van der Waals surface area contributed by atoms with Crippen molar-refractivity contribution >= 4 is 22.5 Å². The van der Waals surface area contributed by atoms with Gasteiger partial charge >= 0.3 is 0 Å². The van der Waals surface area contributed by atoms with Gasteiger partial charge in [-0.05, 0) is 64.9 Å². The van der Waals surface area contributed by atoms with E-state index in [9.17, 15) is 9.90 Å². The Morgan fingerprint density at radius 2 is 1.60 bits per heavy atom. The van der Waals surface area contributed by atoms with Crippen LogP contribution in [-0.4, -0.2) is 28.1 Å². The van der Waals surface area contributed by atoms with Crippen molar-refractivity contribution in [3.05, 3.63) is 103 Å². The van der Waals surface area contributed by atoms with Crippen LogP contribution >= 0.6 is 0 Å². The van der Waals surface area contributed by atoms with Gasteiger partial charge < -0.3 is 15.2 Å². The minimum Gasteiger partial charge on any atom is -0.508 e. The average Bonchev–Trinajstić information content (AvgIpc) is 2.89. The van der Waals surface area contributed by atoms with Crippen molar-refractivity contribution < 1.29 is 14.6 Å². The van der Waals surface area contributed by atoms with Crippen molar-refractivity contribution in [3.63, 3.8) is 0 Å². The first-order valence-electron chi connectivity index (χ1n) is 11.2. The molecule has 0 aliphatic rings. The van der Waals surface area contributed by atoms with Crippen LogP contribution in [0.1, 0.15) is 5.56 Å². The second kappa shape index (κ2) is 9.65. The fourth-order valence-electron chi connectivity index (χ4n) is 3.91. The third kappa shape index (κ3) is 4.96. The zero-order chi connectivity index (χ0) is 24.2. The Balaban J connectivity index is 1.45. The number of anilines is 1. The molecule has 0 saturated carbocycles. The number of rotatable bonds is 6. The first-order chi connectivity index (χ1) is 17.1. The van der Waals surface area contributed by atoms with Gasteiger partial charge in [0, 0.05) is 11.1 Å². The number of methoxy groups -OCH3 is 1. The molecule has 5 aromatic rings. The van der Waals surface area contributed by atoms with Crippen LogP contribution in [0.2, 0.25) is 0 Å². The summed E-state index contributed by atoms with van der Waals surface area (Å²) in [5.74, 6) is 1.07. The van der Waals surface area contributed by atoms with Gasteiger partial charge in [0.2, 0.25) is 5.91 Å². The smallest absolute Gasteiger partial charge is 0.230 e. The summed E-state index contributed by atoms with van der Waals surface area (Å²) < 4.78 is 5.24. The zero-order valence-electron chi connectivity index (χ0n) is 19.1. The molecule has 172 valence electrons. The van der Waals surface area contributed by atoms with Crippen molar-refractivity contribution in [2.45, 2.75) is 6.42 Å². The maximum Gasteiger partial charge on any atom is 0.230 e. The second-order valence-electron chi connectivity index (χ2n) is 8.13. The molecule has 1 aromatic heterocycles. The van der Waals surface area contributed by atoms with Crippen LogP contribution < -0.4 is 10.1 Å². The minimum atomic E-state index is -0.188. The predicted octanol–water partition coefficient (Wildman–Crippen LogP) is 5.86. The van der Waals surface area contributed by atoms with Gasteiger partial charge in [0.25, 0.3) is 0 Å². The number of ether oxygens (including phenoxy) is 1. The van der Waals surface area contributed by atoms with Crippen LogP contribution in [0.5, 0.6) is 11.5 Å². The number of hydrogen-bond acceptors (Lipinski definition) is 5. The molecular weight excluding hydrogens is 438 g/mol. The number of benzene rings is 4. The van der Waals surface area contributed by atoms with Gasteiger partial charge in [-0.2, -0.15) is 0 Å². The number of aromatic hydroxyl groups is 1. The maximum atomic E-state index is 12.9. The van der Waals surface area contributed by atoms with E-state index in [1.54, 1.807) is 37.6 Å². The van der Waals surface area contributed by atoms with Gasteiger partial charge in [-0.1, -0.05) is 42.5 Å². The predicted molar refractivity (Wildman–Crippen MR) is 137 cm³/mol. The molecule has 5 rings (SSSR count). The van der Waals surface area contributed by atoms with Gasteiger partial charge in [0.15, 0.2) is 5.82 Å². The van der Waals surface area contributed by atoms with Crippen LogP contribution in [0, 0.1) is 0 Å². The number of phenols is 1. The summed E-state index contributed by atoms with van der Waals surface area (Å²) in [5.41, 5.74) is 3.68. The van der Waals surface area contributed by atoms with Gasteiger partial charge in [0.1, 0.15) is 17.2 Å². The number of carbonyl (C=O) groups is 1. The van der Waals surface area contributed by atoms with E-state index in [-0.39, 0.29) is 18.1 Å². The highest BCUT2D eigenvalue weighted by molar-refractivity contribution is 5.95. The summed E-state index contributed by atoms with van der Waals surface area (Å²) in [6.45, 7) is 0.